The number of fused-ring (bicyclic) bond motifs is 1. The maximum absolute atomic E-state index is 12.2. The van der Waals surface area contributed by atoms with E-state index in [4.69, 9.17) is 0 Å². The lowest BCUT2D eigenvalue weighted by molar-refractivity contribution is -0.123. The lowest BCUT2D eigenvalue weighted by atomic mass is 10.0. The van der Waals surface area contributed by atoms with Gasteiger partial charge in [-0.15, -0.1) is 0 Å². The van der Waals surface area contributed by atoms with E-state index in [1.165, 1.54) is 6.07 Å². The van der Waals surface area contributed by atoms with Gasteiger partial charge in [0.25, 0.3) is 10.0 Å². The summed E-state index contributed by atoms with van der Waals surface area (Å²) in [5.74, 6) is 0.00972. The molecule has 6 nitrogen and oxygen atoms in total. The average molecular weight is 323 g/mol. The van der Waals surface area contributed by atoms with Crippen molar-refractivity contribution in [1.29, 1.82) is 0 Å². The van der Waals surface area contributed by atoms with Crippen molar-refractivity contribution in [3.05, 3.63) is 29.8 Å². The van der Waals surface area contributed by atoms with Gasteiger partial charge >= 0.3 is 0 Å². The van der Waals surface area contributed by atoms with Gasteiger partial charge in [0, 0.05) is 12.1 Å². The molecule has 7 heteroatoms. The maximum Gasteiger partial charge on any atom is 0.263 e. The molecule has 1 aromatic carbocycles. The second kappa shape index (κ2) is 6.48. The van der Waals surface area contributed by atoms with E-state index in [-0.39, 0.29) is 22.6 Å². The van der Waals surface area contributed by atoms with Gasteiger partial charge < -0.3 is 5.32 Å². The van der Waals surface area contributed by atoms with Crippen LogP contribution in [0.25, 0.3) is 0 Å². The number of hydrogen-bond donors (Lipinski definition) is 2. The highest BCUT2D eigenvalue weighted by Crippen LogP contribution is 2.23. The summed E-state index contributed by atoms with van der Waals surface area (Å²) in [7, 11) is -3.58. The Kier molecular flexibility index (Phi) is 4.85. The first kappa shape index (κ1) is 16.5. The van der Waals surface area contributed by atoms with Gasteiger partial charge in [-0.3, -0.25) is 14.5 Å². The molecule has 0 radical (unpaired) electrons. The molecule has 2 N–H and O–H groups in total. The van der Waals surface area contributed by atoms with Gasteiger partial charge in [-0.2, -0.15) is 0 Å². The largest absolute Gasteiger partial charge is 0.354 e. The van der Waals surface area contributed by atoms with Crippen molar-refractivity contribution in [2.45, 2.75) is 38.1 Å². The number of carbonyl (C=O) groups is 1. The number of amides is 1. The van der Waals surface area contributed by atoms with Crippen molar-refractivity contribution in [2.24, 2.45) is 10.9 Å². The Morgan fingerprint density at radius 2 is 2.00 bits per heavy atom. The van der Waals surface area contributed by atoms with Gasteiger partial charge in [0.05, 0.1) is 4.90 Å². The number of rotatable bonds is 5. The van der Waals surface area contributed by atoms with Crippen LogP contribution in [-0.4, -0.2) is 32.7 Å². The summed E-state index contributed by atoms with van der Waals surface area (Å²) in [5, 5.41) is 2.81. The van der Waals surface area contributed by atoms with Crippen LogP contribution >= 0.6 is 0 Å². The number of nitrogens with zero attached hydrogens (tertiary/aromatic N) is 1. The van der Waals surface area contributed by atoms with Crippen LogP contribution in [0.5, 0.6) is 0 Å². The zero-order valence-electron chi connectivity index (χ0n) is 13.0. The quantitative estimate of drug-likeness (QED) is 0.855. The fraction of sp³-hybridized carbons (Fsp3) is 0.467. The van der Waals surface area contributed by atoms with E-state index in [2.05, 4.69) is 15.0 Å². The van der Waals surface area contributed by atoms with Crippen LogP contribution in [0.3, 0.4) is 0 Å². The molecule has 0 spiro atoms. The van der Waals surface area contributed by atoms with Crippen LogP contribution in [0.15, 0.2) is 34.2 Å². The monoisotopic (exact) mass is 323 g/mol. The van der Waals surface area contributed by atoms with Gasteiger partial charge in [-0.05, 0) is 24.5 Å². The first-order chi connectivity index (χ1) is 10.4. The minimum atomic E-state index is -3.58. The first-order valence-electron chi connectivity index (χ1n) is 7.34. The normalized spacial score (nSPS) is 18.8. The third kappa shape index (κ3) is 3.30. The molecular weight excluding hydrogens is 302 g/mol. The molecule has 0 aromatic heterocycles. The molecule has 1 aliphatic rings. The van der Waals surface area contributed by atoms with Gasteiger partial charge in [0.1, 0.15) is 11.9 Å². The molecule has 0 saturated carbocycles. The maximum atomic E-state index is 12.2. The van der Waals surface area contributed by atoms with Gasteiger partial charge in [-0.25, -0.2) is 8.42 Å². The SMILES string of the molecule is CCCNC(=O)C(N=C1NS(=O)(=O)c2ccccc21)C(C)C. The molecule has 1 amide bonds. The average Bonchev–Trinajstić information content (AvgIpc) is 2.73. The fourth-order valence-corrected chi connectivity index (χ4v) is 3.47. The van der Waals surface area contributed by atoms with E-state index in [0.717, 1.165) is 6.42 Å². The number of carbonyl (C=O) groups excluding carboxylic acids is 1. The predicted molar refractivity (Wildman–Crippen MR) is 85.2 cm³/mol. The van der Waals surface area contributed by atoms with E-state index in [1.54, 1.807) is 18.2 Å². The van der Waals surface area contributed by atoms with Gasteiger partial charge in [0.15, 0.2) is 0 Å². The van der Waals surface area contributed by atoms with E-state index >= 15 is 0 Å². The van der Waals surface area contributed by atoms with Crippen LogP contribution in [0.1, 0.15) is 32.8 Å². The highest BCUT2D eigenvalue weighted by molar-refractivity contribution is 7.90. The van der Waals surface area contributed by atoms with Crippen molar-refractivity contribution >= 4 is 21.8 Å². The van der Waals surface area contributed by atoms with Crippen LogP contribution in [0.2, 0.25) is 0 Å². The Labute approximate surface area is 131 Å². The topological polar surface area (TPSA) is 87.6 Å². The third-order valence-electron chi connectivity index (χ3n) is 3.38. The van der Waals surface area contributed by atoms with Crippen LogP contribution < -0.4 is 10.0 Å². The minimum absolute atomic E-state index is 0.0402. The summed E-state index contributed by atoms with van der Waals surface area (Å²) in [5.41, 5.74) is 0.511. The van der Waals surface area contributed by atoms with Crippen LogP contribution in [0.4, 0.5) is 0 Å². The van der Waals surface area contributed by atoms with E-state index in [9.17, 15) is 13.2 Å². The van der Waals surface area contributed by atoms with Crippen molar-refractivity contribution in [3.63, 3.8) is 0 Å². The van der Waals surface area contributed by atoms with E-state index in [0.29, 0.717) is 12.1 Å². The molecule has 0 saturated heterocycles. The van der Waals surface area contributed by atoms with Crippen molar-refractivity contribution < 1.29 is 13.2 Å². The van der Waals surface area contributed by atoms with Gasteiger partial charge in [-0.1, -0.05) is 32.9 Å². The molecule has 1 heterocycles. The van der Waals surface area contributed by atoms with Crippen molar-refractivity contribution in [1.82, 2.24) is 10.0 Å². The van der Waals surface area contributed by atoms with Crippen LogP contribution in [-0.2, 0) is 14.8 Å². The number of benzene rings is 1. The van der Waals surface area contributed by atoms with Gasteiger partial charge in [0.2, 0.25) is 5.91 Å². The van der Waals surface area contributed by atoms with Crippen molar-refractivity contribution in [2.75, 3.05) is 6.54 Å². The van der Waals surface area contributed by atoms with E-state index < -0.39 is 16.1 Å². The molecule has 0 bridgehead atoms. The number of hydrogen-bond acceptors (Lipinski definition) is 4. The Hall–Kier alpha value is -1.89. The second-order valence-corrected chi connectivity index (χ2v) is 7.21. The molecule has 1 aliphatic heterocycles. The molecule has 22 heavy (non-hydrogen) atoms. The lowest BCUT2D eigenvalue weighted by Crippen LogP contribution is -2.38. The summed E-state index contributed by atoms with van der Waals surface area (Å²) >= 11 is 0. The summed E-state index contributed by atoms with van der Waals surface area (Å²) in [6, 6.07) is 6.00. The zero-order valence-corrected chi connectivity index (χ0v) is 13.8. The number of aliphatic imine (C=N–C) groups is 1. The first-order valence-corrected chi connectivity index (χ1v) is 8.83. The number of amidine groups is 1. The third-order valence-corrected chi connectivity index (χ3v) is 4.78. The summed E-state index contributed by atoms with van der Waals surface area (Å²) < 4.78 is 26.6. The highest BCUT2D eigenvalue weighted by atomic mass is 32.2. The predicted octanol–water partition coefficient (Wildman–Crippen LogP) is 1.28. The smallest absolute Gasteiger partial charge is 0.263 e. The van der Waals surface area contributed by atoms with Crippen molar-refractivity contribution in [3.8, 4) is 0 Å². The Morgan fingerprint density at radius 3 is 2.64 bits per heavy atom. The molecular formula is C15H21N3O3S. The molecule has 1 unspecified atom stereocenters. The zero-order chi connectivity index (χ0) is 16.3. The molecule has 1 atom stereocenters. The number of sulfonamides is 1. The molecule has 120 valence electrons. The molecule has 2 rings (SSSR count). The molecule has 0 fully saturated rings. The Balaban J connectivity index is 2.37. The molecule has 0 aliphatic carbocycles. The number of nitrogens with one attached hydrogen (secondary N) is 2. The lowest BCUT2D eigenvalue weighted by Gasteiger charge is -2.17. The molecule has 1 aromatic rings. The summed E-state index contributed by atoms with van der Waals surface area (Å²) in [6.45, 7) is 6.32. The summed E-state index contributed by atoms with van der Waals surface area (Å²) in [4.78, 5) is 16.8. The standard InChI is InChI=1S/C15H21N3O3S/c1-4-9-16-15(19)13(10(2)3)17-14-11-7-5-6-8-12(11)22(20,21)18-14/h5-8,10,13H,4,9H2,1-3H3,(H,16,19)(H,17,18). The Bertz CT molecular complexity index is 696. The second-order valence-electron chi connectivity index (χ2n) is 5.56. The minimum Gasteiger partial charge on any atom is -0.354 e. The highest BCUT2D eigenvalue weighted by Gasteiger charge is 2.32. The van der Waals surface area contributed by atoms with E-state index in [1.807, 2.05) is 20.8 Å². The Morgan fingerprint density at radius 1 is 1.32 bits per heavy atom. The summed E-state index contributed by atoms with van der Waals surface area (Å²) in [6.07, 6.45) is 0.836. The van der Waals surface area contributed by atoms with Crippen LogP contribution in [0, 0.1) is 5.92 Å². The fourth-order valence-electron chi connectivity index (χ4n) is 2.23.